The molecule has 1 unspecified atom stereocenters. The Hall–Kier alpha value is -5.79. The van der Waals surface area contributed by atoms with E-state index in [9.17, 15) is 0 Å². The van der Waals surface area contributed by atoms with Gasteiger partial charge >= 0.3 is 0 Å². The first-order valence-electron chi connectivity index (χ1n) is 15.4. The highest BCUT2D eigenvalue weighted by Gasteiger charge is 2.35. The lowest BCUT2D eigenvalue weighted by Gasteiger charge is -2.23. The maximum Gasteiger partial charge on any atom is 0.247 e. The fourth-order valence-corrected chi connectivity index (χ4v) is 6.24. The highest BCUT2D eigenvalue weighted by atomic mass is 35.5. The third-order valence-corrected chi connectivity index (χ3v) is 8.64. The van der Waals surface area contributed by atoms with Gasteiger partial charge in [-0.05, 0) is 60.2 Å². The summed E-state index contributed by atoms with van der Waals surface area (Å²) in [5, 5.41) is 13.8. The van der Waals surface area contributed by atoms with E-state index in [0.717, 1.165) is 61.7 Å². The number of aromatic nitrogens is 4. The highest BCUT2D eigenvalue weighted by molar-refractivity contribution is 6.31. The number of hydrogen-bond acceptors (Lipinski definition) is 6. The van der Waals surface area contributed by atoms with Gasteiger partial charge in [-0.1, -0.05) is 90.5 Å². The number of halogens is 1. The Morgan fingerprint density at radius 3 is 2.04 bits per heavy atom. The Kier molecular flexibility index (Phi) is 7.44. The molecule has 3 heterocycles. The van der Waals surface area contributed by atoms with Crippen molar-refractivity contribution in [3.8, 4) is 34.0 Å². The van der Waals surface area contributed by atoms with Gasteiger partial charge in [-0.25, -0.2) is 19.7 Å². The fourth-order valence-electron chi connectivity index (χ4n) is 6.07. The zero-order chi connectivity index (χ0) is 31.7. The number of anilines is 1. The number of benzene rings is 5. The molecule has 0 fully saturated rings. The monoisotopic (exact) mass is 632 g/mol. The Labute approximate surface area is 277 Å². The van der Waals surface area contributed by atoms with Gasteiger partial charge in [-0.15, -0.1) is 0 Å². The first-order valence-corrected chi connectivity index (χ1v) is 15.8. The average Bonchev–Trinajstić information content (AvgIpc) is 3.78. The van der Waals surface area contributed by atoms with Crippen LogP contribution in [-0.4, -0.2) is 32.6 Å². The van der Waals surface area contributed by atoms with E-state index in [4.69, 9.17) is 36.5 Å². The molecule has 0 aliphatic carbocycles. The van der Waals surface area contributed by atoms with E-state index in [-0.39, 0.29) is 6.04 Å². The van der Waals surface area contributed by atoms with Gasteiger partial charge in [0.2, 0.25) is 5.95 Å². The molecular weight excluding hydrogens is 604 g/mol. The maximum atomic E-state index is 6.48. The van der Waals surface area contributed by atoms with Crippen LogP contribution in [0, 0.1) is 0 Å². The van der Waals surface area contributed by atoms with Gasteiger partial charge in [0.05, 0.1) is 41.5 Å². The van der Waals surface area contributed by atoms with E-state index in [1.807, 2.05) is 107 Å². The molecule has 5 aromatic carbocycles. The van der Waals surface area contributed by atoms with Crippen LogP contribution >= 0.6 is 11.6 Å². The summed E-state index contributed by atoms with van der Waals surface area (Å²) in [4.78, 5) is 10.3. The molecule has 228 valence electrons. The van der Waals surface area contributed by atoms with E-state index in [2.05, 4.69) is 42.6 Å². The minimum absolute atomic E-state index is 0.242. The van der Waals surface area contributed by atoms with E-state index in [1.54, 1.807) is 7.11 Å². The number of fused-ring (bicyclic) bond motifs is 1. The first kappa shape index (κ1) is 28.7. The van der Waals surface area contributed by atoms with Crippen LogP contribution in [0.25, 0.3) is 39.1 Å². The predicted octanol–water partition coefficient (Wildman–Crippen LogP) is 9.17. The Balaban J connectivity index is 1.33. The SMILES string of the molecule is COc1ccc(C2=NN(c3nc(-c4ccccc4)c4cc(Cl)ccc4n3)C(c3cn(-c4ccccc4)nc3-c3ccccc3)C2)cc1. The van der Waals surface area contributed by atoms with Crippen LogP contribution in [0.2, 0.25) is 5.02 Å². The third kappa shape index (κ3) is 5.51. The van der Waals surface area contributed by atoms with Crippen molar-refractivity contribution in [3.63, 3.8) is 0 Å². The Morgan fingerprint density at radius 2 is 1.36 bits per heavy atom. The Bertz CT molecular complexity index is 2220. The molecule has 1 aliphatic rings. The van der Waals surface area contributed by atoms with E-state index in [0.29, 0.717) is 17.4 Å². The van der Waals surface area contributed by atoms with Crippen molar-refractivity contribution >= 4 is 34.2 Å². The van der Waals surface area contributed by atoms with Crippen molar-refractivity contribution in [2.45, 2.75) is 12.5 Å². The number of hydrogen-bond donors (Lipinski definition) is 0. The molecule has 0 amide bonds. The molecule has 1 atom stereocenters. The number of hydrazone groups is 1. The largest absolute Gasteiger partial charge is 0.497 e. The zero-order valence-corrected chi connectivity index (χ0v) is 26.3. The van der Waals surface area contributed by atoms with E-state index in [1.165, 1.54) is 0 Å². The Morgan fingerprint density at radius 1 is 0.702 bits per heavy atom. The smallest absolute Gasteiger partial charge is 0.247 e. The molecule has 7 nitrogen and oxygen atoms in total. The fraction of sp³-hybridized carbons (Fsp3) is 0.0769. The van der Waals surface area contributed by atoms with Gasteiger partial charge in [0.1, 0.15) is 5.75 Å². The number of rotatable bonds is 7. The zero-order valence-electron chi connectivity index (χ0n) is 25.5. The highest BCUT2D eigenvalue weighted by Crippen LogP contribution is 2.41. The molecule has 0 saturated heterocycles. The molecule has 0 N–H and O–H groups in total. The molecule has 47 heavy (non-hydrogen) atoms. The molecular formula is C39H29ClN6O. The quantitative estimate of drug-likeness (QED) is 0.175. The molecule has 1 aliphatic heterocycles. The molecule has 0 spiro atoms. The van der Waals surface area contributed by atoms with Crippen molar-refractivity contribution in [1.82, 2.24) is 19.7 Å². The number of methoxy groups -OCH3 is 1. The van der Waals surface area contributed by atoms with Gasteiger partial charge in [0.25, 0.3) is 0 Å². The van der Waals surface area contributed by atoms with Crippen LogP contribution in [0.1, 0.15) is 23.6 Å². The normalized spacial score (nSPS) is 14.4. The summed E-state index contributed by atoms with van der Waals surface area (Å²) in [6.07, 6.45) is 2.73. The molecule has 0 bridgehead atoms. The summed E-state index contributed by atoms with van der Waals surface area (Å²) in [7, 11) is 1.67. The second-order valence-electron chi connectivity index (χ2n) is 11.3. The molecule has 8 heteroatoms. The van der Waals surface area contributed by atoms with E-state index >= 15 is 0 Å². The van der Waals surface area contributed by atoms with Crippen LogP contribution < -0.4 is 9.75 Å². The summed E-state index contributed by atoms with van der Waals surface area (Å²) >= 11 is 6.48. The van der Waals surface area contributed by atoms with Gasteiger partial charge in [0, 0.05) is 39.7 Å². The van der Waals surface area contributed by atoms with Crippen molar-refractivity contribution in [3.05, 3.63) is 156 Å². The summed E-state index contributed by atoms with van der Waals surface area (Å²) in [5.41, 5.74) is 8.38. The van der Waals surface area contributed by atoms with Crippen LogP contribution in [0.5, 0.6) is 5.75 Å². The van der Waals surface area contributed by atoms with Crippen molar-refractivity contribution < 1.29 is 4.74 Å². The summed E-state index contributed by atoms with van der Waals surface area (Å²) in [6.45, 7) is 0. The van der Waals surface area contributed by atoms with E-state index < -0.39 is 0 Å². The van der Waals surface area contributed by atoms with Gasteiger partial charge in [-0.3, -0.25) is 0 Å². The number of nitrogens with zero attached hydrogens (tertiary/aromatic N) is 6. The molecule has 7 aromatic rings. The lowest BCUT2D eigenvalue weighted by Crippen LogP contribution is -2.21. The molecule has 2 aromatic heterocycles. The predicted molar refractivity (Wildman–Crippen MR) is 188 cm³/mol. The lowest BCUT2D eigenvalue weighted by molar-refractivity contribution is 0.415. The number of para-hydroxylation sites is 1. The maximum absolute atomic E-state index is 6.48. The van der Waals surface area contributed by atoms with Crippen LogP contribution in [-0.2, 0) is 0 Å². The molecule has 8 rings (SSSR count). The first-order chi connectivity index (χ1) is 23.1. The molecule has 0 saturated carbocycles. The second-order valence-corrected chi connectivity index (χ2v) is 11.8. The second kappa shape index (κ2) is 12.2. The van der Waals surface area contributed by atoms with Crippen molar-refractivity contribution in [1.29, 1.82) is 0 Å². The topological polar surface area (TPSA) is 68.4 Å². The third-order valence-electron chi connectivity index (χ3n) is 8.40. The average molecular weight is 633 g/mol. The van der Waals surface area contributed by atoms with Crippen LogP contribution in [0.15, 0.2) is 145 Å². The van der Waals surface area contributed by atoms with Crippen LogP contribution in [0.3, 0.4) is 0 Å². The van der Waals surface area contributed by atoms with Crippen molar-refractivity contribution in [2.75, 3.05) is 12.1 Å². The van der Waals surface area contributed by atoms with Crippen LogP contribution in [0.4, 0.5) is 5.95 Å². The minimum Gasteiger partial charge on any atom is -0.497 e. The van der Waals surface area contributed by atoms with Gasteiger partial charge < -0.3 is 4.74 Å². The van der Waals surface area contributed by atoms with Gasteiger partial charge in [-0.2, -0.15) is 10.2 Å². The number of ether oxygens (including phenoxy) is 1. The molecule has 0 radical (unpaired) electrons. The summed E-state index contributed by atoms with van der Waals surface area (Å²) in [5.74, 6) is 1.29. The summed E-state index contributed by atoms with van der Waals surface area (Å²) in [6, 6.07) is 44.1. The minimum atomic E-state index is -0.242. The van der Waals surface area contributed by atoms with Crippen molar-refractivity contribution in [2.24, 2.45) is 5.10 Å². The standard InChI is InChI=1S/C39H29ClN6O/c1-47-31-20-17-26(18-21-31)35-24-36(33-25-45(30-15-9-4-10-16-30)44-38(33)28-13-7-3-8-14-28)46(43-35)39-41-34-22-19-29(40)23-32(34)37(42-39)27-11-5-2-6-12-27/h2-23,25,36H,24H2,1H3. The summed E-state index contributed by atoms with van der Waals surface area (Å²) < 4.78 is 7.38. The lowest BCUT2D eigenvalue weighted by atomic mass is 9.96. The van der Waals surface area contributed by atoms with Gasteiger partial charge in [0.15, 0.2) is 0 Å².